The molecule has 0 spiro atoms. The molecule has 3 aliphatic rings. The molecule has 2 fully saturated rings. The maximum Gasteiger partial charge on any atom is 0.304 e. The monoisotopic (exact) mass is 638 g/mol. The van der Waals surface area contributed by atoms with E-state index in [0.717, 1.165) is 55.6 Å². The molecule has 3 unspecified atom stereocenters. The van der Waals surface area contributed by atoms with Crippen molar-refractivity contribution in [2.45, 2.75) is 75.3 Å². The number of piperidine rings is 1. The number of pyridine rings is 1. The normalized spacial score (nSPS) is 20.8. The molecule has 1 saturated heterocycles. The van der Waals surface area contributed by atoms with E-state index >= 15 is 0 Å². The molecule has 2 aromatic carbocycles. The first-order valence-corrected chi connectivity index (χ1v) is 16.6. The minimum Gasteiger partial charge on any atom is -0.481 e. The van der Waals surface area contributed by atoms with Crippen LogP contribution in [-0.2, 0) is 22.3 Å². The predicted molar refractivity (Wildman–Crippen MR) is 171 cm³/mol. The summed E-state index contributed by atoms with van der Waals surface area (Å²) < 4.78 is 45.3. The lowest BCUT2D eigenvalue weighted by atomic mass is 9.83. The summed E-state index contributed by atoms with van der Waals surface area (Å²) >= 11 is 0. The topological polar surface area (TPSA) is 129 Å². The number of hydrogen-bond acceptors (Lipinski definition) is 7. The molecule has 0 amide bonds. The van der Waals surface area contributed by atoms with E-state index in [-0.39, 0.29) is 22.9 Å². The minimum absolute atomic E-state index is 0.127. The lowest BCUT2D eigenvalue weighted by Crippen LogP contribution is -2.45. The Kier molecular flexibility index (Phi) is 9.07. The average Bonchev–Trinajstić information content (AvgIpc) is 3.84. The lowest BCUT2D eigenvalue weighted by molar-refractivity contribution is -0.137. The molecular weight excluding hydrogens is 598 g/mol. The van der Waals surface area contributed by atoms with Crippen molar-refractivity contribution >= 4 is 34.1 Å². The number of nitrogens with zero attached hydrogens (tertiary/aromatic N) is 4. The van der Waals surface area contributed by atoms with Crippen LogP contribution in [0.15, 0.2) is 53.6 Å². The Balaban J connectivity index is 1.36. The summed E-state index contributed by atoms with van der Waals surface area (Å²) in [6, 6.07) is 12.5. The number of aromatic nitrogens is 1. The van der Waals surface area contributed by atoms with Crippen molar-refractivity contribution in [3.63, 3.8) is 0 Å². The van der Waals surface area contributed by atoms with Crippen molar-refractivity contribution in [1.82, 2.24) is 9.29 Å². The molecule has 0 bridgehead atoms. The van der Waals surface area contributed by atoms with Gasteiger partial charge < -0.3 is 20.7 Å². The van der Waals surface area contributed by atoms with Gasteiger partial charge in [0.15, 0.2) is 0 Å². The first-order chi connectivity index (χ1) is 21.6. The number of carboxylic acids is 1. The number of aryl methyl sites for hydroxylation is 1. The SMILES string of the molecule is Cc1ccc(C(CC(=O)O)c2ccc(N(N)CC3CC3)c(N)c2C(F)F)cc1CN1CC2CCCCN2c2ncccc2S1=O. The number of nitrogens with two attached hydrogens (primary N) is 2. The number of carbonyl (C=O) groups is 1. The highest BCUT2D eigenvalue weighted by molar-refractivity contribution is 7.82. The van der Waals surface area contributed by atoms with E-state index in [4.69, 9.17) is 11.6 Å². The van der Waals surface area contributed by atoms with Gasteiger partial charge in [-0.2, -0.15) is 0 Å². The fourth-order valence-electron chi connectivity index (χ4n) is 6.74. The first-order valence-electron chi connectivity index (χ1n) is 15.5. The standard InChI is InChI=1S/C33H40F2N6O3S/c1-20-7-10-22(15-23(20)18-39-19-24-5-2-3-14-40(24)33-28(45(39)44)6-4-13-38-33)26(16-29(42)43)25-11-12-27(31(36)30(25)32(34)35)41(37)17-21-8-9-21/h4,6-7,10-13,15,21,24,26,32H,2-3,5,8-9,14,16-19,36-37H2,1H3,(H,42,43). The maximum atomic E-state index is 14.7. The Labute approximate surface area is 264 Å². The molecule has 1 aromatic heterocycles. The number of rotatable bonds is 10. The number of carboxylic acid groups (broad SMARTS) is 1. The highest BCUT2D eigenvalue weighted by Gasteiger charge is 2.35. The zero-order valence-corrected chi connectivity index (χ0v) is 26.2. The van der Waals surface area contributed by atoms with Crippen LogP contribution in [0.1, 0.15) is 78.7 Å². The van der Waals surface area contributed by atoms with Crippen molar-refractivity contribution in [1.29, 1.82) is 0 Å². The third-order valence-corrected chi connectivity index (χ3v) is 10.8. The number of benzene rings is 2. The van der Waals surface area contributed by atoms with Gasteiger partial charge in [-0.1, -0.05) is 24.3 Å². The molecule has 2 aliphatic heterocycles. The van der Waals surface area contributed by atoms with Gasteiger partial charge in [-0.15, -0.1) is 0 Å². The summed E-state index contributed by atoms with van der Waals surface area (Å²) in [6.07, 6.45) is 3.60. The van der Waals surface area contributed by atoms with Crippen LogP contribution in [0, 0.1) is 12.8 Å². The Morgan fingerprint density at radius 2 is 1.98 bits per heavy atom. The molecular formula is C33H40F2N6O3S. The quantitative estimate of drug-likeness (QED) is 0.151. The molecule has 12 heteroatoms. The fraction of sp³-hybridized carbons (Fsp3) is 0.455. The molecule has 45 heavy (non-hydrogen) atoms. The molecule has 9 nitrogen and oxygen atoms in total. The van der Waals surface area contributed by atoms with Crippen LogP contribution in [0.2, 0.25) is 0 Å². The Bertz CT molecular complexity index is 1600. The number of fused-ring (bicyclic) bond motifs is 3. The van der Waals surface area contributed by atoms with Crippen LogP contribution in [-0.4, -0.2) is 50.3 Å². The summed E-state index contributed by atoms with van der Waals surface area (Å²) in [5.74, 6) is 5.40. The van der Waals surface area contributed by atoms with Crippen LogP contribution in [0.25, 0.3) is 0 Å². The van der Waals surface area contributed by atoms with Gasteiger partial charge in [-0.25, -0.2) is 28.1 Å². The van der Waals surface area contributed by atoms with Gasteiger partial charge in [0.2, 0.25) is 0 Å². The molecule has 3 aromatic rings. The summed E-state index contributed by atoms with van der Waals surface area (Å²) in [4.78, 5) is 19.7. The Hall–Kier alpha value is -3.61. The smallest absolute Gasteiger partial charge is 0.304 e. The number of nitrogen functional groups attached to an aromatic ring is 1. The molecule has 6 rings (SSSR count). The number of hydrogen-bond donors (Lipinski definition) is 3. The van der Waals surface area contributed by atoms with Crippen LogP contribution in [0.5, 0.6) is 0 Å². The van der Waals surface area contributed by atoms with E-state index in [1.54, 1.807) is 30.5 Å². The van der Waals surface area contributed by atoms with Crippen molar-refractivity contribution < 1.29 is 22.9 Å². The number of aliphatic carboxylic acids is 1. The van der Waals surface area contributed by atoms with E-state index in [2.05, 4.69) is 9.88 Å². The molecule has 3 heterocycles. The van der Waals surface area contributed by atoms with Crippen molar-refractivity contribution in [2.75, 3.05) is 35.3 Å². The van der Waals surface area contributed by atoms with Gasteiger partial charge in [0, 0.05) is 49.9 Å². The van der Waals surface area contributed by atoms with Crippen molar-refractivity contribution in [3.05, 3.63) is 76.5 Å². The van der Waals surface area contributed by atoms with Crippen LogP contribution in [0.3, 0.4) is 0 Å². The van der Waals surface area contributed by atoms with Crippen LogP contribution in [0.4, 0.5) is 26.0 Å². The van der Waals surface area contributed by atoms with Crippen LogP contribution < -0.4 is 21.5 Å². The largest absolute Gasteiger partial charge is 0.481 e. The van der Waals surface area contributed by atoms with E-state index < -0.39 is 35.7 Å². The molecule has 1 aliphatic carbocycles. The fourth-order valence-corrected chi connectivity index (χ4v) is 8.10. The van der Waals surface area contributed by atoms with Gasteiger partial charge in [-0.05, 0) is 85.4 Å². The lowest BCUT2D eigenvalue weighted by Gasteiger charge is -2.36. The van der Waals surface area contributed by atoms with E-state index in [1.807, 2.05) is 29.4 Å². The molecule has 1 saturated carbocycles. The molecule has 240 valence electrons. The zero-order chi connectivity index (χ0) is 31.8. The van der Waals surface area contributed by atoms with Crippen molar-refractivity contribution in [2.24, 2.45) is 11.8 Å². The third-order valence-electron chi connectivity index (χ3n) is 9.34. The van der Waals surface area contributed by atoms with Gasteiger partial charge in [0.05, 0.1) is 22.7 Å². The van der Waals surface area contributed by atoms with E-state index in [1.165, 1.54) is 5.01 Å². The number of alkyl halides is 2. The third kappa shape index (κ3) is 6.54. The summed E-state index contributed by atoms with van der Waals surface area (Å²) in [5.41, 5.74) is 8.66. The molecule has 5 N–H and O–H groups in total. The average molecular weight is 639 g/mol. The van der Waals surface area contributed by atoms with Crippen LogP contribution >= 0.6 is 0 Å². The highest BCUT2D eigenvalue weighted by atomic mass is 32.2. The number of anilines is 3. The first kappa shape index (κ1) is 31.4. The van der Waals surface area contributed by atoms with Gasteiger partial charge >= 0.3 is 5.97 Å². The highest BCUT2D eigenvalue weighted by Crippen LogP contribution is 2.43. The Morgan fingerprint density at radius 3 is 2.71 bits per heavy atom. The number of halogens is 2. The Morgan fingerprint density at radius 1 is 1.18 bits per heavy atom. The summed E-state index contributed by atoms with van der Waals surface area (Å²) in [6.45, 7) is 4.25. The maximum absolute atomic E-state index is 14.7. The molecule has 0 radical (unpaired) electrons. The summed E-state index contributed by atoms with van der Waals surface area (Å²) in [5, 5.41) is 11.3. The van der Waals surface area contributed by atoms with E-state index in [9.17, 15) is 22.9 Å². The van der Waals surface area contributed by atoms with Gasteiger partial charge in [0.1, 0.15) is 16.8 Å². The predicted octanol–water partition coefficient (Wildman–Crippen LogP) is 5.50. The molecule has 3 atom stereocenters. The van der Waals surface area contributed by atoms with Crippen molar-refractivity contribution in [3.8, 4) is 0 Å². The second-order valence-corrected chi connectivity index (χ2v) is 13.9. The number of hydrazine groups is 1. The van der Waals surface area contributed by atoms with Gasteiger partial charge in [-0.3, -0.25) is 4.79 Å². The zero-order valence-electron chi connectivity index (χ0n) is 25.4. The van der Waals surface area contributed by atoms with E-state index in [0.29, 0.717) is 41.7 Å². The summed E-state index contributed by atoms with van der Waals surface area (Å²) in [7, 11) is -1.48. The minimum atomic E-state index is -2.93. The second-order valence-electron chi connectivity index (χ2n) is 12.5. The van der Waals surface area contributed by atoms with Gasteiger partial charge in [0.25, 0.3) is 6.43 Å². The second kappa shape index (κ2) is 13.0.